The zero-order valence-electron chi connectivity index (χ0n) is 15.6. The van der Waals surface area contributed by atoms with E-state index < -0.39 is 34.4 Å². The van der Waals surface area contributed by atoms with Crippen molar-refractivity contribution < 1.29 is 27.1 Å². The highest BCUT2D eigenvalue weighted by atomic mass is 35.5. The summed E-state index contributed by atoms with van der Waals surface area (Å²) in [7, 11) is 0. The number of esters is 1. The third-order valence-electron chi connectivity index (χ3n) is 5.36. The number of halogens is 4. The Kier molecular flexibility index (Phi) is 5.36. The summed E-state index contributed by atoms with van der Waals surface area (Å²) in [6.45, 7) is 5.39. The van der Waals surface area contributed by atoms with Gasteiger partial charge in [-0.15, -0.1) is 0 Å². The molecular formula is C21H20ClF3O3. The number of alkyl halides is 3. The highest BCUT2D eigenvalue weighted by Gasteiger charge is 2.62. The number of allylic oxidation sites excluding steroid dienone is 2. The van der Waals surface area contributed by atoms with Gasteiger partial charge in [0.05, 0.1) is 12.2 Å². The van der Waals surface area contributed by atoms with E-state index in [1.54, 1.807) is 26.2 Å². The molecule has 0 saturated heterocycles. The number of carbonyl (C=O) groups is 1. The first-order valence-corrected chi connectivity index (χ1v) is 9.14. The third-order valence-corrected chi connectivity index (χ3v) is 5.70. The van der Waals surface area contributed by atoms with Crippen LogP contribution in [0, 0.1) is 24.2 Å². The van der Waals surface area contributed by atoms with E-state index in [1.807, 2.05) is 31.2 Å². The van der Waals surface area contributed by atoms with Gasteiger partial charge in [0.1, 0.15) is 17.4 Å². The Morgan fingerprint density at radius 3 is 2.61 bits per heavy atom. The fraction of sp³-hybridized carbons (Fsp3) is 0.381. The van der Waals surface area contributed by atoms with E-state index in [2.05, 4.69) is 0 Å². The van der Waals surface area contributed by atoms with Crippen molar-refractivity contribution in [2.24, 2.45) is 17.3 Å². The van der Waals surface area contributed by atoms with Crippen LogP contribution in [0.4, 0.5) is 13.2 Å². The lowest BCUT2D eigenvalue weighted by Gasteiger charge is -2.11. The van der Waals surface area contributed by atoms with Gasteiger partial charge >= 0.3 is 12.1 Å². The van der Waals surface area contributed by atoms with Crippen LogP contribution in [0.25, 0.3) is 11.3 Å². The van der Waals surface area contributed by atoms with Crippen molar-refractivity contribution in [3.05, 3.63) is 58.8 Å². The van der Waals surface area contributed by atoms with Crippen molar-refractivity contribution in [2.75, 3.05) is 0 Å². The molecule has 2 atom stereocenters. The number of rotatable bonds is 5. The summed E-state index contributed by atoms with van der Waals surface area (Å²) in [5.74, 6) is -1.08. The number of furan rings is 1. The lowest BCUT2D eigenvalue weighted by molar-refractivity contribution is -0.147. The zero-order valence-corrected chi connectivity index (χ0v) is 16.4. The molecule has 0 N–H and O–H groups in total. The van der Waals surface area contributed by atoms with Crippen molar-refractivity contribution in [3.63, 3.8) is 0 Å². The number of carbonyl (C=O) groups excluding carboxylic acids is 1. The van der Waals surface area contributed by atoms with Crippen LogP contribution < -0.4 is 0 Å². The maximum Gasteiger partial charge on any atom is 0.426 e. The van der Waals surface area contributed by atoms with Gasteiger partial charge in [-0.1, -0.05) is 49.7 Å². The first-order valence-electron chi connectivity index (χ1n) is 8.77. The minimum atomic E-state index is -4.61. The van der Waals surface area contributed by atoms with Crippen LogP contribution in [0.5, 0.6) is 0 Å². The van der Waals surface area contributed by atoms with Crippen LogP contribution in [-0.4, -0.2) is 12.1 Å². The summed E-state index contributed by atoms with van der Waals surface area (Å²) >= 11 is 5.32. The molecule has 1 aliphatic rings. The van der Waals surface area contributed by atoms with Crippen LogP contribution in [0.15, 0.2) is 52.1 Å². The standard InChI is InChI=1S/C21H20ClF3O3/c1-12-13(6-4-7-14(12)16-8-5-9-27-16)11-28-19(26)18-15(20(18,2)3)10-17(22)21(23,24)25/h4-10,15,18H,11H2,1-3H3. The Bertz CT molecular complexity index is 898. The van der Waals surface area contributed by atoms with Crippen molar-refractivity contribution in [2.45, 2.75) is 33.6 Å². The molecule has 7 heteroatoms. The molecule has 150 valence electrons. The predicted molar refractivity (Wildman–Crippen MR) is 99.4 cm³/mol. The molecule has 0 aliphatic heterocycles. The van der Waals surface area contributed by atoms with E-state index in [0.29, 0.717) is 5.76 Å². The van der Waals surface area contributed by atoms with Crippen molar-refractivity contribution in [1.82, 2.24) is 0 Å². The quantitative estimate of drug-likeness (QED) is 0.544. The molecule has 2 aromatic rings. The van der Waals surface area contributed by atoms with Gasteiger partial charge in [0.2, 0.25) is 0 Å². The Hall–Kier alpha value is -2.21. The Balaban J connectivity index is 1.69. The van der Waals surface area contributed by atoms with E-state index in [9.17, 15) is 18.0 Å². The summed E-state index contributed by atoms with van der Waals surface area (Å²) < 4.78 is 48.8. The third kappa shape index (κ3) is 3.97. The van der Waals surface area contributed by atoms with Gasteiger partial charge in [-0.05, 0) is 41.5 Å². The second-order valence-electron chi connectivity index (χ2n) is 7.51. The molecule has 2 unspecified atom stereocenters. The number of hydrogen-bond acceptors (Lipinski definition) is 3. The average Bonchev–Trinajstić information content (AvgIpc) is 2.98. The second kappa shape index (κ2) is 7.32. The van der Waals surface area contributed by atoms with Crippen LogP contribution in [0.3, 0.4) is 0 Å². The van der Waals surface area contributed by atoms with E-state index in [1.165, 1.54) is 0 Å². The summed E-state index contributed by atoms with van der Waals surface area (Å²) in [4.78, 5) is 12.5. The summed E-state index contributed by atoms with van der Waals surface area (Å²) in [5.41, 5.74) is 1.98. The highest BCUT2D eigenvalue weighted by Crippen LogP contribution is 2.60. The summed E-state index contributed by atoms with van der Waals surface area (Å²) in [5, 5.41) is -1.21. The molecular weight excluding hydrogens is 393 g/mol. The maximum absolute atomic E-state index is 12.7. The first-order chi connectivity index (χ1) is 13.0. The number of ether oxygens (including phenoxy) is 1. The van der Waals surface area contributed by atoms with Crippen LogP contribution >= 0.6 is 11.6 Å². The van der Waals surface area contributed by atoms with Crippen LogP contribution in [-0.2, 0) is 16.1 Å². The van der Waals surface area contributed by atoms with Crippen LogP contribution in [0.2, 0.25) is 0 Å². The average molecular weight is 413 g/mol. The molecule has 0 radical (unpaired) electrons. The normalized spacial score (nSPS) is 21.5. The van der Waals surface area contributed by atoms with E-state index >= 15 is 0 Å². The fourth-order valence-electron chi connectivity index (χ4n) is 3.47. The second-order valence-corrected chi connectivity index (χ2v) is 7.92. The molecule has 1 aromatic carbocycles. The smallest absolute Gasteiger partial charge is 0.426 e. The fourth-order valence-corrected chi connectivity index (χ4v) is 3.60. The predicted octanol–water partition coefficient (Wildman–Crippen LogP) is 6.26. The molecule has 0 amide bonds. The summed E-state index contributed by atoms with van der Waals surface area (Å²) in [6, 6.07) is 9.21. The molecule has 0 bridgehead atoms. The van der Waals surface area contributed by atoms with Gasteiger partial charge in [-0.3, -0.25) is 4.79 Å². The van der Waals surface area contributed by atoms with Gasteiger partial charge in [-0.25, -0.2) is 0 Å². The molecule has 1 aliphatic carbocycles. The topological polar surface area (TPSA) is 39.4 Å². The van der Waals surface area contributed by atoms with E-state index in [-0.39, 0.29) is 6.61 Å². The van der Waals surface area contributed by atoms with Gasteiger partial charge in [0, 0.05) is 5.56 Å². The monoisotopic (exact) mass is 412 g/mol. The SMILES string of the molecule is Cc1c(COC(=O)C2C(C=C(Cl)C(F)(F)F)C2(C)C)cccc1-c1ccco1. The molecule has 28 heavy (non-hydrogen) atoms. The summed E-state index contributed by atoms with van der Waals surface area (Å²) in [6.07, 6.45) is -2.12. The van der Waals surface area contributed by atoms with Gasteiger partial charge in [0.15, 0.2) is 0 Å². The highest BCUT2D eigenvalue weighted by molar-refractivity contribution is 6.30. The molecule has 3 rings (SSSR count). The minimum absolute atomic E-state index is 0.0369. The van der Waals surface area contributed by atoms with Crippen molar-refractivity contribution in [1.29, 1.82) is 0 Å². The van der Waals surface area contributed by atoms with Crippen molar-refractivity contribution in [3.8, 4) is 11.3 Å². The maximum atomic E-state index is 12.7. The minimum Gasteiger partial charge on any atom is -0.464 e. The molecule has 0 spiro atoms. The van der Waals surface area contributed by atoms with Gasteiger partial charge in [0.25, 0.3) is 0 Å². The Morgan fingerprint density at radius 1 is 1.29 bits per heavy atom. The molecule has 1 fully saturated rings. The zero-order chi connectivity index (χ0) is 20.7. The van der Waals surface area contributed by atoms with Crippen LogP contribution in [0.1, 0.15) is 25.0 Å². The molecule has 1 heterocycles. The van der Waals surface area contributed by atoms with E-state index in [0.717, 1.165) is 22.8 Å². The Morgan fingerprint density at radius 2 is 2.00 bits per heavy atom. The van der Waals surface area contributed by atoms with Crippen molar-refractivity contribution >= 4 is 17.6 Å². The molecule has 1 saturated carbocycles. The number of hydrogen-bond donors (Lipinski definition) is 0. The number of benzene rings is 1. The largest absolute Gasteiger partial charge is 0.464 e. The lowest BCUT2D eigenvalue weighted by Crippen LogP contribution is -2.11. The van der Waals surface area contributed by atoms with E-state index in [4.69, 9.17) is 20.8 Å². The lowest BCUT2D eigenvalue weighted by atomic mass is 10.0. The van der Waals surface area contributed by atoms with Gasteiger partial charge < -0.3 is 9.15 Å². The van der Waals surface area contributed by atoms with Gasteiger partial charge in [-0.2, -0.15) is 13.2 Å². The molecule has 3 nitrogen and oxygen atoms in total. The molecule has 1 aromatic heterocycles. The first kappa shape index (κ1) is 20.5. The Labute approximate surface area is 166 Å².